The van der Waals surface area contributed by atoms with Gasteiger partial charge in [0.1, 0.15) is 12.0 Å². The zero-order valence-electron chi connectivity index (χ0n) is 13.6. The van der Waals surface area contributed by atoms with Crippen molar-refractivity contribution in [2.45, 2.75) is 19.9 Å². The van der Waals surface area contributed by atoms with Gasteiger partial charge < -0.3 is 16.4 Å². The van der Waals surface area contributed by atoms with Crippen molar-refractivity contribution in [3.05, 3.63) is 64.1 Å². The number of nitrogens with one attached hydrogen (secondary N) is 2. The zero-order valence-corrected chi connectivity index (χ0v) is 14.4. The van der Waals surface area contributed by atoms with Crippen LogP contribution in [0.25, 0.3) is 0 Å². The van der Waals surface area contributed by atoms with Crippen LogP contribution in [0.5, 0.6) is 0 Å². The van der Waals surface area contributed by atoms with Crippen LogP contribution in [0.1, 0.15) is 16.0 Å². The van der Waals surface area contributed by atoms with E-state index in [4.69, 9.17) is 5.73 Å². The van der Waals surface area contributed by atoms with E-state index in [-0.39, 0.29) is 0 Å². The minimum atomic E-state index is 0.552. The molecule has 0 aliphatic carbocycles. The first-order chi connectivity index (χ1) is 11.7. The second kappa shape index (κ2) is 7.79. The molecule has 6 heteroatoms. The quantitative estimate of drug-likeness (QED) is 0.612. The van der Waals surface area contributed by atoms with E-state index >= 15 is 0 Å². The average molecular weight is 339 g/mol. The molecule has 1 aromatic carbocycles. The topological polar surface area (TPSA) is 75.9 Å². The molecule has 2 heterocycles. The maximum atomic E-state index is 6.18. The molecule has 0 spiro atoms. The normalized spacial score (nSPS) is 10.5. The van der Waals surface area contributed by atoms with Gasteiger partial charge in [0.2, 0.25) is 0 Å². The fraction of sp³-hybridized carbons (Fsp3) is 0.222. The van der Waals surface area contributed by atoms with Gasteiger partial charge in [-0.1, -0.05) is 35.9 Å². The fourth-order valence-corrected chi connectivity index (χ4v) is 3.04. The molecule has 5 nitrogen and oxygen atoms in total. The Labute approximate surface area is 146 Å². The molecular formula is C18H21N5S. The van der Waals surface area contributed by atoms with Crippen LogP contribution >= 0.6 is 11.3 Å². The van der Waals surface area contributed by atoms with Gasteiger partial charge in [-0.3, -0.25) is 0 Å². The average Bonchev–Trinajstić information content (AvgIpc) is 3.10. The Kier molecular flexibility index (Phi) is 5.28. The molecular weight excluding hydrogens is 318 g/mol. The molecule has 0 unspecified atom stereocenters. The standard InChI is InChI=1S/C18H21N5S/c1-13-4-6-14(7-5-13)11-21-18-16(19)17(22-12-23-18)20-9-8-15-3-2-10-24-15/h2-7,10,12H,8-9,11,19H2,1H3,(H2,20,21,22,23). The second-order valence-corrected chi connectivity index (χ2v) is 6.61. The van der Waals surface area contributed by atoms with Crippen molar-refractivity contribution < 1.29 is 0 Å². The third-order valence-electron chi connectivity index (χ3n) is 3.71. The zero-order chi connectivity index (χ0) is 16.8. The summed E-state index contributed by atoms with van der Waals surface area (Å²) in [6, 6.07) is 12.6. The lowest BCUT2D eigenvalue weighted by atomic mass is 10.1. The van der Waals surface area contributed by atoms with Crippen LogP contribution in [-0.2, 0) is 13.0 Å². The lowest BCUT2D eigenvalue weighted by Gasteiger charge is -2.12. The molecule has 3 rings (SSSR count). The molecule has 3 aromatic rings. The summed E-state index contributed by atoms with van der Waals surface area (Å²) in [7, 11) is 0. The monoisotopic (exact) mass is 339 g/mol. The first-order valence-corrected chi connectivity index (χ1v) is 8.76. The maximum absolute atomic E-state index is 6.18. The first-order valence-electron chi connectivity index (χ1n) is 7.88. The number of hydrogen-bond acceptors (Lipinski definition) is 6. The van der Waals surface area contributed by atoms with Crippen LogP contribution in [-0.4, -0.2) is 16.5 Å². The van der Waals surface area contributed by atoms with E-state index < -0.39 is 0 Å². The number of rotatable bonds is 7. The van der Waals surface area contributed by atoms with E-state index in [0.717, 1.165) is 13.0 Å². The number of nitrogens with two attached hydrogens (primary N) is 1. The van der Waals surface area contributed by atoms with Gasteiger partial charge in [-0.25, -0.2) is 9.97 Å². The van der Waals surface area contributed by atoms with E-state index in [9.17, 15) is 0 Å². The van der Waals surface area contributed by atoms with Crippen LogP contribution in [0.4, 0.5) is 17.3 Å². The van der Waals surface area contributed by atoms with E-state index in [0.29, 0.717) is 23.9 Å². The van der Waals surface area contributed by atoms with E-state index in [1.165, 1.54) is 22.3 Å². The molecule has 0 radical (unpaired) electrons. The number of nitrogens with zero attached hydrogens (tertiary/aromatic N) is 2. The fourth-order valence-electron chi connectivity index (χ4n) is 2.33. The highest BCUT2D eigenvalue weighted by Gasteiger charge is 2.07. The smallest absolute Gasteiger partial charge is 0.155 e. The minimum absolute atomic E-state index is 0.552. The summed E-state index contributed by atoms with van der Waals surface area (Å²) < 4.78 is 0. The van der Waals surface area contributed by atoms with Crippen LogP contribution in [0.15, 0.2) is 48.1 Å². The van der Waals surface area contributed by atoms with Gasteiger partial charge in [0.05, 0.1) is 0 Å². The van der Waals surface area contributed by atoms with Crippen molar-refractivity contribution in [3.8, 4) is 0 Å². The molecule has 24 heavy (non-hydrogen) atoms. The number of aryl methyl sites for hydroxylation is 1. The number of anilines is 3. The van der Waals surface area contributed by atoms with E-state index in [2.05, 4.69) is 69.3 Å². The highest BCUT2D eigenvalue weighted by Crippen LogP contribution is 2.23. The molecule has 4 N–H and O–H groups in total. The van der Waals surface area contributed by atoms with Gasteiger partial charge in [-0.15, -0.1) is 11.3 Å². The predicted molar refractivity (Wildman–Crippen MR) is 101 cm³/mol. The SMILES string of the molecule is Cc1ccc(CNc2ncnc(NCCc3cccs3)c2N)cc1. The molecule has 0 fully saturated rings. The van der Waals surface area contributed by atoms with Gasteiger partial charge in [0.25, 0.3) is 0 Å². The Bertz CT molecular complexity index is 769. The molecule has 0 saturated heterocycles. The largest absolute Gasteiger partial charge is 0.393 e. The van der Waals surface area contributed by atoms with Crippen LogP contribution in [0, 0.1) is 6.92 Å². The van der Waals surface area contributed by atoms with E-state index in [1.807, 2.05) is 0 Å². The summed E-state index contributed by atoms with van der Waals surface area (Å²) in [6.45, 7) is 3.54. The van der Waals surface area contributed by atoms with Gasteiger partial charge in [0, 0.05) is 18.0 Å². The third-order valence-corrected chi connectivity index (χ3v) is 4.64. The molecule has 2 aromatic heterocycles. The molecule has 0 bridgehead atoms. The van der Waals surface area contributed by atoms with Crippen molar-refractivity contribution in [2.75, 3.05) is 22.9 Å². The minimum Gasteiger partial charge on any atom is -0.393 e. The van der Waals surface area contributed by atoms with Crippen LogP contribution in [0.3, 0.4) is 0 Å². The van der Waals surface area contributed by atoms with Crippen molar-refractivity contribution in [1.29, 1.82) is 0 Å². The highest BCUT2D eigenvalue weighted by atomic mass is 32.1. The summed E-state index contributed by atoms with van der Waals surface area (Å²) in [5, 5.41) is 8.65. The molecule has 124 valence electrons. The Morgan fingerprint density at radius 2 is 1.79 bits per heavy atom. The number of benzene rings is 1. The Morgan fingerprint density at radius 3 is 2.50 bits per heavy atom. The number of nitrogen functional groups attached to an aromatic ring is 1. The molecule has 0 aliphatic heterocycles. The van der Waals surface area contributed by atoms with Crippen LogP contribution < -0.4 is 16.4 Å². The predicted octanol–water partition coefficient (Wildman–Crippen LogP) is 3.70. The van der Waals surface area contributed by atoms with Gasteiger partial charge in [-0.05, 0) is 30.4 Å². The van der Waals surface area contributed by atoms with Gasteiger partial charge >= 0.3 is 0 Å². The maximum Gasteiger partial charge on any atom is 0.155 e. The van der Waals surface area contributed by atoms with Crippen molar-refractivity contribution >= 4 is 28.7 Å². The Hall–Kier alpha value is -2.60. The second-order valence-electron chi connectivity index (χ2n) is 5.58. The molecule has 0 amide bonds. The van der Waals surface area contributed by atoms with Crippen LogP contribution in [0.2, 0.25) is 0 Å². The molecule has 0 atom stereocenters. The van der Waals surface area contributed by atoms with E-state index in [1.54, 1.807) is 11.3 Å². The highest BCUT2D eigenvalue weighted by molar-refractivity contribution is 7.09. The lowest BCUT2D eigenvalue weighted by molar-refractivity contribution is 1.01. The first kappa shape index (κ1) is 16.3. The summed E-state index contributed by atoms with van der Waals surface area (Å²) >= 11 is 1.76. The molecule has 0 saturated carbocycles. The number of aromatic nitrogens is 2. The summed E-state index contributed by atoms with van der Waals surface area (Å²) in [6.07, 6.45) is 2.48. The van der Waals surface area contributed by atoms with Crippen molar-refractivity contribution in [3.63, 3.8) is 0 Å². The molecule has 0 aliphatic rings. The summed E-state index contributed by atoms with van der Waals surface area (Å²) in [5.41, 5.74) is 9.17. The van der Waals surface area contributed by atoms with Gasteiger partial charge in [0.15, 0.2) is 11.6 Å². The number of thiophene rings is 1. The summed E-state index contributed by atoms with van der Waals surface area (Å²) in [4.78, 5) is 9.83. The van der Waals surface area contributed by atoms with Crippen molar-refractivity contribution in [1.82, 2.24) is 9.97 Å². The third kappa shape index (κ3) is 4.23. The summed E-state index contributed by atoms with van der Waals surface area (Å²) in [5.74, 6) is 1.33. The van der Waals surface area contributed by atoms with Gasteiger partial charge in [-0.2, -0.15) is 0 Å². The Morgan fingerprint density at radius 1 is 1.04 bits per heavy atom. The van der Waals surface area contributed by atoms with Crippen molar-refractivity contribution in [2.24, 2.45) is 0 Å². The lowest BCUT2D eigenvalue weighted by Crippen LogP contribution is -2.11. The Balaban J connectivity index is 1.59. The number of hydrogen-bond donors (Lipinski definition) is 3.